The molecule has 0 aromatic heterocycles. The minimum absolute atomic E-state index is 0.513. The number of hydrogen-bond acceptors (Lipinski definition) is 2. The van der Waals surface area contributed by atoms with Gasteiger partial charge in [0.05, 0.1) is 12.6 Å². The third kappa shape index (κ3) is 3.71. The predicted octanol–water partition coefficient (Wildman–Crippen LogP) is 2.61. The molecule has 0 radical (unpaired) electrons. The summed E-state index contributed by atoms with van der Waals surface area (Å²) in [5, 5.41) is 11.3. The molecule has 0 unspecified atom stereocenters. The fourth-order valence-corrected chi connectivity index (χ4v) is 1.85. The first-order valence-corrected chi connectivity index (χ1v) is 5.10. The topological polar surface area (TPSA) is 35.8 Å². The SMILES string of the molecule is CC1CCC(C#N)(NCC(F)(F)F)CC1. The van der Waals surface area contributed by atoms with Gasteiger partial charge in [-0.1, -0.05) is 6.92 Å². The third-order valence-electron chi connectivity index (χ3n) is 2.97. The molecular formula is C10H15F3N2. The summed E-state index contributed by atoms with van der Waals surface area (Å²) >= 11 is 0. The molecular weight excluding hydrogens is 205 g/mol. The molecule has 1 aliphatic carbocycles. The molecule has 0 atom stereocenters. The summed E-state index contributed by atoms with van der Waals surface area (Å²) in [4.78, 5) is 0. The maximum atomic E-state index is 12.0. The molecule has 2 nitrogen and oxygen atoms in total. The first kappa shape index (κ1) is 12.3. The van der Waals surface area contributed by atoms with Gasteiger partial charge >= 0.3 is 6.18 Å². The summed E-state index contributed by atoms with van der Waals surface area (Å²) in [6.07, 6.45) is -1.58. The van der Waals surface area contributed by atoms with Crippen molar-refractivity contribution in [2.75, 3.05) is 6.54 Å². The van der Waals surface area contributed by atoms with Crippen molar-refractivity contribution in [3.63, 3.8) is 0 Å². The van der Waals surface area contributed by atoms with Gasteiger partial charge in [-0.25, -0.2) is 0 Å². The van der Waals surface area contributed by atoms with Crippen LogP contribution in [0.2, 0.25) is 0 Å². The van der Waals surface area contributed by atoms with Crippen molar-refractivity contribution in [3.05, 3.63) is 0 Å². The number of hydrogen-bond donors (Lipinski definition) is 1. The second-order valence-electron chi connectivity index (χ2n) is 4.35. The number of nitrogens with zero attached hydrogens (tertiary/aromatic N) is 1. The maximum absolute atomic E-state index is 12.0. The third-order valence-corrected chi connectivity index (χ3v) is 2.97. The molecule has 0 bridgehead atoms. The van der Waals surface area contributed by atoms with Crippen LogP contribution in [-0.2, 0) is 0 Å². The van der Waals surface area contributed by atoms with Crippen LogP contribution in [0, 0.1) is 17.2 Å². The first-order chi connectivity index (χ1) is 6.87. The van der Waals surface area contributed by atoms with Crippen LogP contribution < -0.4 is 5.32 Å². The molecule has 1 N–H and O–H groups in total. The molecule has 15 heavy (non-hydrogen) atoms. The zero-order valence-electron chi connectivity index (χ0n) is 8.69. The fourth-order valence-electron chi connectivity index (χ4n) is 1.85. The number of halogens is 3. The Kier molecular flexibility index (Phi) is 3.61. The second-order valence-corrected chi connectivity index (χ2v) is 4.35. The van der Waals surface area contributed by atoms with E-state index in [-0.39, 0.29) is 0 Å². The van der Waals surface area contributed by atoms with Crippen LogP contribution in [0.15, 0.2) is 0 Å². The molecule has 0 heterocycles. The second kappa shape index (κ2) is 4.40. The molecule has 0 aliphatic heterocycles. The van der Waals surface area contributed by atoms with Crippen LogP contribution in [0.5, 0.6) is 0 Å². The van der Waals surface area contributed by atoms with Gasteiger partial charge in [-0.2, -0.15) is 18.4 Å². The van der Waals surface area contributed by atoms with E-state index >= 15 is 0 Å². The van der Waals surface area contributed by atoms with Crippen molar-refractivity contribution in [2.45, 2.75) is 44.3 Å². The van der Waals surface area contributed by atoms with Crippen LogP contribution >= 0.6 is 0 Å². The molecule has 0 aromatic carbocycles. The van der Waals surface area contributed by atoms with Gasteiger partial charge in [0.25, 0.3) is 0 Å². The van der Waals surface area contributed by atoms with Crippen molar-refractivity contribution in [1.29, 1.82) is 5.26 Å². The number of nitriles is 1. The Morgan fingerprint density at radius 1 is 1.40 bits per heavy atom. The van der Waals surface area contributed by atoms with Crippen molar-refractivity contribution in [3.8, 4) is 6.07 Å². The zero-order chi connectivity index (χ0) is 11.5. The van der Waals surface area contributed by atoms with Gasteiger partial charge in [0.15, 0.2) is 0 Å². The van der Waals surface area contributed by atoms with E-state index in [9.17, 15) is 13.2 Å². The van der Waals surface area contributed by atoms with Crippen LogP contribution in [0.25, 0.3) is 0 Å². The summed E-state index contributed by atoms with van der Waals surface area (Å²) < 4.78 is 36.1. The summed E-state index contributed by atoms with van der Waals surface area (Å²) in [7, 11) is 0. The fraction of sp³-hybridized carbons (Fsp3) is 0.900. The van der Waals surface area contributed by atoms with E-state index in [0.717, 1.165) is 12.8 Å². The van der Waals surface area contributed by atoms with Crippen molar-refractivity contribution in [1.82, 2.24) is 5.32 Å². The monoisotopic (exact) mass is 220 g/mol. The predicted molar refractivity (Wildman–Crippen MR) is 50.0 cm³/mol. The van der Waals surface area contributed by atoms with Crippen LogP contribution in [-0.4, -0.2) is 18.3 Å². The summed E-state index contributed by atoms with van der Waals surface area (Å²) in [5.41, 5.74) is -0.956. The first-order valence-electron chi connectivity index (χ1n) is 5.10. The van der Waals surface area contributed by atoms with Crippen LogP contribution in [0.1, 0.15) is 32.6 Å². The molecule has 0 amide bonds. The summed E-state index contributed by atoms with van der Waals surface area (Å²) in [5.74, 6) is 0.513. The Morgan fingerprint density at radius 3 is 2.33 bits per heavy atom. The molecule has 1 fully saturated rings. The highest BCUT2D eigenvalue weighted by Gasteiger charge is 2.38. The van der Waals surface area contributed by atoms with E-state index in [2.05, 4.69) is 12.2 Å². The normalized spacial score (nSPS) is 32.3. The van der Waals surface area contributed by atoms with Gasteiger partial charge in [0, 0.05) is 0 Å². The highest BCUT2D eigenvalue weighted by molar-refractivity contribution is 5.09. The highest BCUT2D eigenvalue weighted by atomic mass is 19.4. The van der Waals surface area contributed by atoms with E-state index in [0.29, 0.717) is 18.8 Å². The standard InChI is InChI=1S/C10H15F3N2/c1-8-2-4-9(6-14,5-3-8)15-7-10(11,12)13/h8,15H,2-5,7H2,1H3. The molecule has 0 aromatic rings. The van der Waals surface area contributed by atoms with Crippen molar-refractivity contribution in [2.24, 2.45) is 5.92 Å². The molecule has 0 spiro atoms. The lowest BCUT2D eigenvalue weighted by atomic mass is 9.78. The van der Waals surface area contributed by atoms with E-state index in [1.807, 2.05) is 6.07 Å². The Balaban J connectivity index is 2.52. The van der Waals surface area contributed by atoms with Crippen LogP contribution in [0.3, 0.4) is 0 Å². The molecule has 1 saturated carbocycles. The van der Waals surface area contributed by atoms with Gasteiger partial charge < -0.3 is 0 Å². The van der Waals surface area contributed by atoms with Gasteiger partial charge in [0.2, 0.25) is 0 Å². The minimum Gasteiger partial charge on any atom is -0.291 e. The Bertz CT molecular complexity index is 246. The number of alkyl halides is 3. The lowest BCUT2D eigenvalue weighted by molar-refractivity contribution is -0.128. The molecule has 0 saturated heterocycles. The van der Waals surface area contributed by atoms with Crippen molar-refractivity contribution >= 4 is 0 Å². The average Bonchev–Trinajstić information content (AvgIpc) is 2.17. The van der Waals surface area contributed by atoms with Gasteiger partial charge in [-0.3, -0.25) is 5.32 Å². The van der Waals surface area contributed by atoms with Gasteiger partial charge in [0.1, 0.15) is 5.54 Å². The van der Waals surface area contributed by atoms with Gasteiger partial charge in [-0.15, -0.1) is 0 Å². The molecule has 5 heteroatoms. The Hall–Kier alpha value is -0.760. The van der Waals surface area contributed by atoms with E-state index in [4.69, 9.17) is 5.26 Å². The quantitative estimate of drug-likeness (QED) is 0.776. The molecule has 1 rings (SSSR count). The van der Waals surface area contributed by atoms with Crippen LogP contribution in [0.4, 0.5) is 13.2 Å². The lowest BCUT2D eigenvalue weighted by Gasteiger charge is -2.34. The largest absolute Gasteiger partial charge is 0.401 e. The van der Waals surface area contributed by atoms with Gasteiger partial charge in [-0.05, 0) is 31.6 Å². The summed E-state index contributed by atoms with van der Waals surface area (Å²) in [6, 6.07) is 2.00. The number of rotatable bonds is 2. The molecule has 1 aliphatic rings. The Morgan fingerprint density at radius 2 is 1.93 bits per heavy atom. The van der Waals surface area contributed by atoms with E-state index < -0.39 is 18.3 Å². The molecule has 86 valence electrons. The average molecular weight is 220 g/mol. The smallest absolute Gasteiger partial charge is 0.291 e. The van der Waals surface area contributed by atoms with Crippen molar-refractivity contribution < 1.29 is 13.2 Å². The Labute approximate surface area is 87.5 Å². The van der Waals surface area contributed by atoms with E-state index in [1.54, 1.807) is 0 Å². The zero-order valence-corrected chi connectivity index (χ0v) is 8.69. The maximum Gasteiger partial charge on any atom is 0.401 e. The summed E-state index contributed by atoms with van der Waals surface area (Å²) in [6.45, 7) is 0.986. The minimum atomic E-state index is -4.24. The highest BCUT2D eigenvalue weighted by Crippen LogP contribution is 2.32. The van der Waals surface area contributed by atoms with E-state index in [1.165, 1.54) is 0 Å². The lowest BCUT2D eigenvalue weighted by Crippen LogP contribution is -2.49. The number of nitrogens with one attached hydrogen (secondary N) is 1.